The Morgan fingerprint density at radius 2 is 2.11 bits per heavy atom. The van der Waals surface area contributed by atoms with Crippen LogP contribution >= 0.6 is 0 Å². The molecular weight excluding hydrogens is 226 g/mol. The molecule has 0 aliphatic heterocycles. The van der Waals surface area contributed by atoms with E-state index < -0.39 is 0 Å². The van der Waals surface area contributed by atoms with Crippen LogP contribution in [-0.4, -0.2) is 22.0 Å². The number of rotatable bonds is 4. The standard InChI is InChI=1S/C13H17N5/c1-3-12-16-11(14)8-13(17-12)18(2)9-10-6-4-5-7-15-10/h4-8H,3,9H2,1-2H3,(H2,14,16,17). The number of nitrogen functional groups attached to an aromatic ring is 1. The molecule has 2 rings (SSSR count). The van der Waals surface area contributed by atoms with Gasteiger partial charge in [0.05, 0.1) is 12.2 Å². The van der Waals surface area contributed by atoms with Gasteiger partial charge in [-0.3, -0.25) is 4.98 Å². The molecule has 18 heavy (non-hydrogen) atoms. The van der Waals surface area contributed by atoms with E-state index in [1.807, 2.05) is 37.1 Å². The van der Waals surface area contributed by atoms with E-state index in [9.17, 15) is 0 Å². The van der Waals surface area contributed by atoms with Crippen molar-refractivity contribution in [3.8, 4) is 0 Å². The van der Waals surface area contributed by atoms with Gasteiger partial charge in [-0.25, -0.2) is 9.97 Å². The summed E-state index contributed by atoms with van der Waals surface area (Å²) in [4.78, 5) is 14.9. The van der Waals surface area contributed by atoms with E-state index in [2.05, 4.69) is 15.0 Å². The average Bonchev–Trinajstić information content (AvgIpc) is 2.39. The van der Waals surface area contributed by atoms with Crippen molar-refractivity contribution in [1.82, 2.24) is 15.0 Å². The van der Waals surface area contributed by atoms with Gasteiger partial charge in [-0.15, -0.1) is 0 Å². The summed E-state index contributed by atoms with van der Waals surface area (Å²) in [5, 5.41) is 0. The van der Waals surface area contributed by atoms with Crippen molar-refractivity contribution in [2.45, 2.75) is 19.9 Å². The molecule has 0 saturated heterocycles. The normalized spacial score (nSPS) is 10.3. The second-order valence-corrected chi connectivity index (χ2v) is 4.10. The predicted octanol–water partition coefficient (Wildman–Crippen LogP) is 1.65. The molecule has 2 N–H and O–H groups in total. The lowest BCUT2D eigenvalue weighted by Crippen LogP contribution is -2.19. The van der Waals surface area contributed by atoms with Gasteiger partial charge in [-0.05, 0) is 12.1 Å². The van der Waals surface area contributed by atoms with Crippen molar-refractivity contribution < 1.29 is 0 Å². The van der Waals surface area contributed by atoms with E-state index in [1.165, 1.54) is 0 Å². The van der Waals surface area contributed by atoms with Crippen LogP contribution in [0, 0.1) is 0 Å². The minimum absolute atomic E-state index is 0.504. The third-order valence-electron chi connectivity index (χ3n) is 2.61. The first-order valence-electron chi connectivity index (χ1n) is 5.93. The highest BCUT2D eigenvalue weighted by Gasteiger charge is 2.07. The van der Waals surface area contributed by atoms with Gasteiger partial charge in [0.15, 0.2) is 0 Å². The summed E-state index contributed by atoms with van der Waals surface area (Å²) >= 11 is 0. The van der Waals surface area contributed by atoms with Crippen LogP contribution in [0.4, 0.5) is 11.6 Å². The summed E-state index contributed by atoms with van der Waals surface area (Å²) in [6, 6.07) is 7.65. The monoisotopic (exact) mass is 243 g/mol. The number of nitrogens with zero attached hydrogens (tertiary/aromatic N) is 4. The van der Waals surface area contributed by atoms with Crippen LogP contribution in [-0.2, 0) is 13.0 Å². The van der Waals surface area contributed by atoms with Crippen molar-refractivity contribution in [2.24, 2.45) is 0 Å². The zero-order chi connectivity index (χ0) is 13.0. The van der Waals surface area contributed by atoms with Crippen LogP contribution in [0.1, 0.15) is 18.4 Å². The molecule has 0 amide bonds. The molecular formula is C13H17N5. The number of nitrogens with two attached hydrogens (primary N) is 1. The number of aromatic nitrogens is 3. The molecule has 0 aromatic carbocycles. The average molecular weight is 243 g/mol. The van der Waals surface area contributed by atoms with Gasteiger partial charge in [0.2, 0.25) is 0 Å². The Balaban J connectivity index is 2.18. The lowest BCUT2D eigenvalue weighted by atomic mass is 10.3. The van der Waals surface area contributed by atoms with Crippen LogP contribution in [0.5, 0.6) is 0 Å². The highest BCUT2D eigenvalue weighted by atomic mass is 15.2. The first-order valence-corrected chi connectivity index (χ1v) is 5.93. The van der Waals surface area contributed by atoms with Crippen LogP contribution in [0.2, 0.25) is 0 Å². The van der Waals surface area contributed by atoms with Gasteiger partial charge in [-0.1, -0.05) is 13.0 Å². The molecule has 5 heteroatoms. The molecule has 0 aliphatic rings. The summed E-state index contributed by atoms with van der Waals surface area (Å²) in [5.74, 6) is 2.09. The van der Waals surface area contributed by atoms with Crippen LogP contribution < -0.4 is 10.6 Å². The summed E-state index contributed by atoms with van der Waals surface area (Å²) in [5.41, 5.74) is 6.77. The lowest BCUT2D eigenvalue weighted by Gasteiger charge is -2.18. The van der Waals surface area contributed by atoms with E-state index in [4.69, 9.17) is 5.73 Å². The van der Waals surface area contributed by atoms with E-state index in [0.29, 0.717) is 12.4 Å². The Kier molecular flexibility index (Phi) is 3.72. The minimum Gasteiger partial charge on any atom is -0.384 e. The first kappa shape index (κ1) is 12.3. The molecule has 0 bridgehead atoms. The molecule has 0 spiro atoms. The van der Waals surface area contributed by atoms with Crippen molar-refractivity contribution in [3.05, 3.63) is 42.0 Å². The van der Waals surface area contributed by atoms with Crippen molar-refractivity contribution in [2.75, 3.05) is 17.7 Å². The van der Waals surface area contributed by atoms with E-state index >= 15 is 0 Å². The molecule has 2 aromatic rings. The molecule has 0 fully saturated rings. The van der Waals surface area contributed by atoms with Gasteiger partial charge in [0.25, 0.3) is 0 Å². The second-order valence-electron chi connectivity index (χ2n) is 4.10. The summed E-state index contributed by atoms with van der Waals surface area (Å²) < 4.78 is 0. The SMILES string of the molecule is CCc1nc(N)cc(N(C)Cc2ccccn2)n1. The highest BCUT2D eigenvalue weighted by molar-refractivity contribution is 5.46. The number of pyridine rings is 1. The van der Waals surface area contributed by atoms with Gasteiger partial charge in [0, 0.05) is 25.7 Å². The third-order valence-corrected chi connectivity index (χ3v) is 2.61. The Hall–Kier alpha value is -2.17. The summed E-state index contributed by atoms with van der Waals surface area (Å²) in [6.45, 7) is 2.71. The maximum atomic E-state index is 5.77. The number of hydrogen-bond acceptors (Lipinski definition) is 5. The maximum Gasteiger partial charge on any atom is 0.134 e. The highest BCUT2D eigenvalue weighted by Crippen LogP contribution is 2.14. The molecule has 94 valence electrons. The van der Waals surface area contributed by atoms with Gasteiger partial charge in [-0.2, -0.15) is 0 Å². The number of hydrogen-bond donors (Lipinski definition) is 1. The van der Waals surface area contributed by atoms with Crippen molar-refractivity contribution in [3.63, 3.8) is 0 Å². The van der Waals surface area contributed by atoms with E-state index in [-0.39, 0.29) is 0 Å². The zero-order valence-electron chi connectivity index (χ0n) is 10.7. The Morgan fingerprint density at radius 3 is 2.78 bits per heavy atom. The Labute approximate surface area is 107 Å². The fourth-order valence-electron chi connectivity index (χ4n) is 1.67. The van der Waals surface area contributed by atoms with Crippen LogP contribution in [0.25, 0.3) is 0 Å². The van der Waals surface area contributed by atoms with Gasteiger partial charge in [0.1, 0.15) is 17.5 Å². The molecule has 0 radical (unpaired) electrons. The fourth-order valence-corrected chi connectivity index (χ4v) is 1.67. The smallest absolute Gasteiger partial charge is 0.134 e. The third kappa shape index (κ3) is 2.94. The van der Waals surface area contributed by atoms with E-state index in [1.54, 1.807) is 12.3 Å². The van der Waals surface area contributed by atoms with Gasteiger partial charge >= 0.3 is 0 Å². The molecule has 0 aliphatic carbocycles. The number of aryl methyl sites for hydroxylation is 1. The Morgan fingerprint density at radius 1 is 1.28 bits per heavy atom. The number of anilines is 2. The summed E-state index contributed by atoms with van der Waals surface area (Å²) in [7, 11) is 1.97. The molecule has 0 unspecified atom stereocenters. The lowest BCUT2D eigenvalue weighted by molar-refractivity contribution is 0.841. The minimum atomic E-state index is 0.504. The molecule has 0 saturated carbocycles. The predicted molar refractivity (Wildman–Crippen MR) is 72.2 cm³/mol. The zero-order valence-corrected chi connectivity index (χ0v) is 10.7. The molecule has 2 heterocycles. The van der Waals surface area contributed by atoms with Crippen molar-refractivity contribution >= 4 is 11.6 Å². The van der Waals surface area contributed by atoms with E-state index in [0.717, 1.165) is 23.8 Å². The maximum absolute atomic E-state index is 5.77. The van der Waals surface area contributed by atoms with Gasteiger partial charge < -0.3 is 10.6 Å². The molecule has 0 atom stereocenters. The topological polar surface area (TPSA) is 67.9 Å². The Bertz CT molecular complexity index is 512. The molecule has 2 aromatic heterocycles. The molecule has 5 nitrogen and oxygen atoms in total. The fraction of sp³-hybridized carbons (Fsp3) is 0.308. The van der Waals surface area contributed by atoms with Crippen LogP contribution in [0.3, 0.4) is 0 Å². The van der Waals surface area contributed by atoms with Crippen molar-refractivity contribution in [1.29, 1.82) is 0 Å². The summed E-state index contributed by atoms with van der Waals surface area (Å²) in [6.07, 6.45) is 2.56. The first-order chi connectivity index (χ1) is 8.69. The van der Waals surface area contributed by atoms with Crippen LogP contribution in [0.15, 0.2) is 30.5 Å². The second kappa shape index (κ2) is 5.44. The largest absolute Gasteiger partial charge is 0.384 e. The quantitative estimate of drug-likeness (QED) is 0.884.